The number of thiol groups is 1. The molecule has 0 bridgehead atoms. The molecule has 1 aromatic rings. The maximum absolute atomic E-state index is 11.2. The second kappa shape index (κ2) is 3.13. The monoisotopic (exact) mass is 169 g/mol. The molecule has 0 fully saturated rings. The highest BCUT2D eigenvalue weighted by atomic mass is 32.1. The van der Waals surface area contributed by atoms with Gasteiger partial charge < -0.3 is 4.57 Å². The van der Waals surface area contributed by atoms with E-state index < -0.39 is 0 Å². The minimum absolute atomic E-state index is 0.00694. The first-order valence-electron chi connectivity index (χ1n) is 3.52. The molecular weight excluding hydrogens is 158 g/mol. The Balaban J connectivity index is 3.21. The van der Waals surface area contributed by atoms with Gasteiger partial charge in [0, 0.05) is 23.2 Å². The second-order valence-corrected chi connectivity index (χ2v) is 3.24. The Kier molecular flexibility index (Phi) is 2.39. The smallest absolute Gasteiger partial charge is 0.251 e. The Bertz CT molecular complexity index is 303. The molecule has 0 unspecified atom stereocenters. The summed E-state index contributed by atoms with van der Waals surface area (Å²) in [6.45, 7) is 3.94. The van der Waals surface area contributed by atoms with E-state index in [-0.39, 0.29) is 11.6 Å². The first kappa shape index (κ1) is 8.40. The Morgan fingerprint density at radius 2 is 2.18 bits per heavy atom. The number of rotatable bonds is 1. The van der Waals surface area contributed by atoms with Crippen LogP contribution in [0.2, 0.25) is 0 Å². The van der Waals surface area contributed by atoms with Gasteiger partial charge in [0.2, 0.25) is 0 Å². The van der Waals surface area contributed by atoms with Crippen LogP contribution in [-0.2, 0) is 0 Å². The number of nitrogens with zero attached hydrogens (tertiary/aromatic N) is 1. The topological polar surface area (TPSA) is 22.0 Å². The van der Waals surface area contributed by atoms with Crippen molar-refractivity contribution in [1.29, 1.82) is 0 Å². The van der Waals surface area contributed by atoms with E-state index in [0.29, 0.717) is 4.90 Å². The van der Waals surface area contributed by atoms with Crippen molar-refractivity contribution in [1.82, 2.24) is 4.57 Å². The van der Waals surface area contributed by atoms with Gasteiger partial charge >= 0.3 is 0 Å². The molecule has 1 aromatic heterocycles. The van der Waals surface area contributed by atoms with E-state index in [9.17, 15) is 4.79 Å². The van der Waals surface area contributed by atoms with Crippen molar-refractivity contribution in [2.75, 3.05) is 0 Å². The molecule has 11 heavy (non-hydrogen) atoms. The summed E-state index contributed by atoms with van der Waals surface area (Å²) in [6.07, 6.45) is 1.76. The van der Waals surface area contributed by atoms with Gasteiger partial charge in [-0.25, -0.2) is 0 Å². The van der Waals surface area contributed by atoms with Crippen LogP contribution in [0, 0.1) is 0 Å². The standard InChI is InChI=1S/C8H11NOS/c1-6(2)9-4-3-7(11)5-8(9)10/h3-6,11H,1-2H3. The lowest BCUT2D eigenvalue weighted by atomic mass is 10.3. The molecule has 0 aliphatic carbocycles. The Hall–Kier alpha value is -0.700. The van der Waals surface area contributed by atoms with Gasteiger partial charge in [-0.05, 0) is 19.9 Å². The van der Waals surface area contributed by atoms with Crippen molar-refractivity contribution in [3.63, 3.8) is 0 Å². The van der Waals surface area contributed by atoms with E-state index in [1.54, 1.807) is 10.8 Å². The van der Waals surface area contributed by atoms with Crippen LogP contribution < -0.4 is 5.56 Å². The third-order valence-electron chi connectivity index (χ3n) is 1.49. The molecule has 0 N–H and O–H groups in total. The van der Waals surface area contributed by atoms with Gasteiger partial charge in [0.15, 0.2) is 0 Å². The molecule has 3 heteroatoms. The van der Waals surface area contributed by atoms with Crippen LogP contribution in [-0.4, -0.2) is 4.57 Å². The zero-order valence-electron chi connectivity index (χ0n) is 6.61. The number of hydrogen-bond acceptors (Lipinski definition) is 2. The summed E-state index contributed by atoms with van der Waals surface area (Å²) in [5.74, 6) is 0. The lowest BCUT2D eigenvalue weighted by Gasteiger charge is -2.08. The number of hydrogen-bond donors (Lipinski definition) is 1. The minimum atomic E-state index is 0.00694. The van der Waals surface area contributed by atoms with E-state index in [2.05, 4.69) is 12.6 Å². The Labute approximate surface area is 71.3 Å². The maximum Gasteiger partial charge on any atom is 0.251 e. The normalized spacial score (nSPS) is 10.5. The van der Waals surface area contributed by atoms with Gasteiger partial charge in [0.1, 0.15) is 0 Å². The molecule has 0 aliphatic heterocycles. The van der Waals surface area contributed by atoms with Crippen LogP contribution in [0.4, 0.5) is 0 Å². The Morgan fingerprint density at radius 3 is 2.64 bits per heavy atom. The molecule has 1 heterocycles. The van der Waals surface area contributed by atoms with E-state index in [4.69, 9.17) is 0 Å². The minimum Gasteiger partial charge on any atom is -0.313 e. The van der Waals surface area contributed by atoms with E-state index >= 15 is 0 Å². The van der Waals surface area contributed by atoms with Crippen LogP contribution in [0.5, 0.6) is 0 Å². The quantitative estimate of drug-likeness (QED) is 0.635. The van der Waals surface area contributed by atoms with Crippen LogP contribution in [0.25, 0.3) is 0 Å². The highest BCUT2D eigenvalue weighted by molar-refractivity contribution is 7.80. The van der Waals surface area contributed by atoms with Gasteiger partial charge in [-0.2, -0.15) is 0 Å². The maximum atomic E-state index is 11.2. The van der Waals surface area contributed by atoms with Crippen molar-refractivity contribution in [3.05, 3.63) is 28.7 Å². The molecule has 0 atom stereocenters. The van der Waals surface area contributed by atoms with Gasteiger partial charge in [-0.1, -0.05) is 0 Å². The summed E-state index contributed by atoms with van der Waals surface area (Å²) in [4.78, 5) is 11.9. The molecule has 0 radical (unpaired) electrons. The summed E-state index contributed by atoms with van der Waals surface area (Å²) >= 11 is 4.06. The molecule has 0 aromatic carbocycles. The van der Waals surface area contributed by atoms with Crippen LogP contribution in [0.15, 0.2) is 28.0 Å². The number of aromatic nitrogens is 1. The first-order chi connectivity index (χ1) is 5.11. The van der Waals surface area contributed by atoms with Gasteiger partial charge in [0.05, 0.1) is 0 Å². The lowest BCUT2D eigenvalue weighted by molar-refractivity contribution is 0.576. The third kappa shape index (κ3) is 1.87. The van der Waals surface area contributed by atoms with Crippen molar-refractivity contribution < 1.29 is 0 Å². The number of pyridine rings is 1. The van der Waals surface area contributed by atoms with Crippen molar-refractivity contribution >= 4 is 12.6 Å². The fraction of sp³-hybridized carbons (Fsp3) is 0.375. The molecule has 0 saturated heterocycles. The average molecular weight is 169 g/mol. The summed E-state index contributed by atoms with van der Waals surface area (Å²) in [7, 11) is 0. The molecule has 0 saturated carbocycles. The van der Waals surface area contributed by atoms with Crippen molar-refractivity contribution in [2.45, 2.75) is 24.8 Å². The molecular formula is C8H11NOS. The molecule has 0 amide bonds. The molecule has 2 nitrogen and oxygen atoms in total. The van der Waals surface area contributed by atoms with E-state index in [1.165, 1.54) is 6.07 Å². The predicted molar refractivity (Wildman–Crippen MR) is 48.3 cm³/mol. The lowest BCUT2D eigenvalue weighted by Crippen LogP contribution is -2.19. The summed E-state index contributed by atoms with van der Waals surface area (Å²) in [5, 5.41) is 0. The SMILES string of the molecule is CC(C)n1ccc(S)cc1=O. The van der Waals surface area contributed by atoms with Gasteiger partial charge in [-0.15, -0.1) is 12.6 Å². The second-order valence-electron chi connectivity index (χ2n) is 2.72. The molecule has 0 spiro atoms. The summed E-state index contributed by atoms with van der Waals surface area (Å²) in [5.41, 5.74) is 0.00694. The van der Waals surface area contributed by atoms with E-state index in [1.807, 2.05) is 19.9 Å². The van der Waals surface area contributed by atoms with Crippen molar-refractivity contribution in [3.8, 4) is 0 Å². The molecule has 60 valence electrons. The first-order valence-corrected chi connectivity index (χ1v) is 3.97. The fourth-order valence-electron chi connectivity index (χ4n) is 0.906. The van der Waals surface area contributed by atoms with Crippen LogP contribution in [0.3, 0.4) is 0 Å². The zero-order valence-corrected chi connectivity index (χ0v) is 7.51. The van der Waals surface area contributed by atoms with Gasteiger partial charge in [-0.3, -0.25) is 4.79 Å². The molecule has 0 aliphatic rings. The van der Waals surface area contributed by atoms with Crippen LogP contribution >= 0.6 is 12.6 Å². The van der Waals surface area contributed by atoms with E-state index in [0.717, 1.165) is 0 Å². The van der Waals surface area contributed by atoms with Crippen molar-refractivity contribution in [2.24, 2.45) is 0 Å². The molecule has 1 rings (SSSR count). The average Bonchev–Trinajstić information content (AvgIpc) is 1.85. The van der Waals surface area contributed by atoms with Crippen LogP contribution in [0.1, 0.15) is 19.9 Å². The highest BCUT2D eigenvalue weighted by Gasteiger charge is 1.98. The largest absolute Gasteiger partial charge is 0.313 e. The predicted octanol–water partition coefficient (Wildman–Crippen LogP) is 1.72. The Morgan fingerprint density at radius 1 is 1.55 bits per heavy atom. The van der Waals surface area contributed by atoms with Gasteiger partial charge in [0.25, 0.3) is 5.56 Å². The summed E-state index contributed by atoms with van der Waals surface area (Å²) < 4.78 is 1.67. The fourth-order valence-corrected chi connectivity index (χ4v) is 1.08. The third-order valence-corrected chi connectivity index (χ3v) is 1.77. The summed E-state index contributed by atoms with van der Waals surface area (Å²) in [6, 6.07) is 3.55. The zero-order chi connectivity index (χ0) is 8.43. The highest BCUT2D eigenvalue weighted by Crippen LogP contribution is 2.03.